The number of nitrogens with zero attached hydrogens (tertiary/aromatic N) is 1. The minimum absolute atomic E-state index is 0.0498. The first-order chi connectivity index (χ1) is 14.4. The maximum absolute atomic E-state index is 12.3. The molecular weight excluding hydrogens is 404 g/mol. The van der Waals surface area contributed by atoms with Gasteiger partial charge in [0.05, 0.1) is 19.1 Å². The number of ether oxygens (including phenoxy) is 1. The first kappa shape index (κ1) is 22.1. The summed E-state index contributed by atoms with van der Waals surface area (Å²) in [5, 5.41) is 0. The number of carbonyl (C=O) groups is 1. The van der Waals surface area contributed by atoms with Crippen LogP contribution in [0.1, 0.15) is 24.2 Å². The van der Waals surface area contributed by atoms with Crippen molar-refractivity contribution in [2.45, 2.75) is 19.3 Å². The molecule has 1 fully saturated rings. The molecule has 8 heteroatoms. The van der Waals surface area contributed by atoms with Crippen LogP contribution in [0.15, 0.2) is 53.2 Å². The normalized spacial score (nSPS) is 15.6. The largest absolute Gasteiger partial charge is 0.497 e. The van der Waals surface area contributed by atoms with Crippen molar-refractivity contribution in [2.24, 2.45) is 5.92 Å². The van der Waals surface area contributed by atoms with Gasteiger partial charge < -0.3 is 14.1 Å². The molecule has 0 aliphatic carbocycles. The minimum Gasteiger partial charge on any atom is -0.497 e. The number of aryl methyl sites for hydroxylation is 1. The topological polar surface area (TPSA) is 88.9 Å². The predicted octanol–water partition coefficient (Wildman–Crippen LogP) is 2.70. The van der Waals surface area contributed by atoms with Crippen LogP contribution < -0.4 is 9.46 Å². The molecule has 162 valence electrons. The molecule has 1 aliphatic heterocycles. The zero-order valence-corrected chi connectivity index (χ0v) is 17.9. The van der Waals surface area contributed by atoms with Gasteiger partial charge in [0.1, 0.15) is 11.5 Å². The van der Waals surface area contributed by atoms with Gasteiger partial charge in [0.2, 0.25) is 15.9 Å². The van der Waals surface area contributed by atoms with Crippen molar-refractivity contribution >= 4 is 22.0 Å². The first-order valence-electron chi connectivity index (χ1n) is 10.1. The summed E-state index contributed by atoms with van der Waals surface area (Å²) in [4.78, 5) is 14.0. The van der Waals surface area contributed by atoms with Gasteiger partial charge in [-0.1, -0.05) is 12.1 Å². The van der Waals surface area contributed by atoms with Crippen LogP contribution in [0.4, 0.5) is 0 Å². The molecule has 0 radical (unpaired) electrons. The summed E-state index contributed by atoms with van der Waals surface area (Å²) in [5.74, 6) is 1.63. The highest BCUT2D eigenvalue weighted by molar-refractivity contribution is 7.89. The zero-order valence-electron chi connectivity index (χ0n) is 17.1. The highest BCUT2D eigenvalue weighted by Crippen LogP contribution is 2.18. The monoisotopic (exact) mass is 432 g/mol. The third-order valence-corrected chi connectivity index (χ3v) is 6.62. The fourth-order valence-corrected chi connectivity index (χ4v) is 4.50. The van der Waals surface area contributed by atoms with E-state index in [1.165, 1.54) is 6.08 Å². The van der Waals surface area contributed by atoms with Gasteiger partial charge >= 0.3 is 0 Å². The first-order valence-corrected chi connectivity index (χ1v) is 11.7. The second-order valence-electron chi connectivity index (χ2n) is 7.38. The number of methoxy groups -OCH3 is 1. The van der Waals surface area contributed by atoms with Crippen LogP contribution in [0.5, 0.6) is 5.75 Å². The van der Waals surface area contributed by atoms with E-state index in [0.29, 0.717) is 31.8 Å². The molecule has 1 aliphatic rings. The summed E-state index contributed by atoms with van der Waals surface area (Å²) < 4.78 is 37.7. The average Bonchev–Trinajstić information content (AvgIpc) is 3.29. The molecule has 2 heterocycles. The molecule has 0 spiro atoms. The number of rotatable bonds is 9. The lowest BCUT2D eigenvalue weighted by Crippen LogP contribution is -2.41. The Balaban J connectivity index is 1.38. The Labute approximate surface area is 177 Å². The Hall–Kier alpha value is -2.58. The number of sulfonamides is 1. The van der Waals surface area contributed by atoms with Gasteiger partial charge in [-0.15, -0.1) is 0 Å². The van der Waals surface area contributed by atoms with Gasteiger partial charge in [0, 0.05) is 25.7 Å². The van der Waals surface area contributed by atoms with E-state index in [1.54, 1.807) is 36.5 Å². The number of hydrogen-bond donors (Lipinski definition) is 1. The standard InChI is InChI=1S/C22H28N2O5S/c1-28-20-6-4-18(5-7-20)12-16-30(26,27)23-17-19-10-13-24(14-11-19)22(25)9-8-21-3-2-15-29-21/h2-9,15,19,23H,10-14,16-17H2,1H3/b9-8+. The van der Waals surface area contributed by atoms with E-state index in [1.807, 2.05) is 24.3 Å². The number of hydrogen-bond acceptors (Lipinski definition) is 5. The number of benzene rings is 1. The van der Waals surface area contributed by atoms with Gasteiger partial charge in [-0.3, -0.25) is 4.79 Å². The second-order valence-corrected chi connectivity index (χ2v) is 9.31. The SMILES string of the molecule is COc1ccc(CCS(=O)(=O)NCC2CCN(C(=O)/C=C/c3ccco3)CC2)cc1. The lowest BCUT2D eigenvalue weighted by atomic mass is 9.97. The van der Waals surface area contributed by atoms with Crippen LogP contribution in [0.3, 0.4) is 0 Å². The summed E-state index contributed by atoms with van der Waals surface area (Å²) in [6, 6.07) is 11.0. The van der Waals surface area contributed by atoms with Crippen molar-refractivity contribution in [1.82, 2.24) is 9.62 Å². The van der Waals surface area contributed by atoms with Crippen LogP contribution in [0, 0.1) is 5.92 Å². The highest BCUT2D eigenvalue weighted by atomic mass is 32.2. The highest BCUT2D eigenvalue weighted by Gasteiger charge is 2.23. The van der Waals surface area contributed by atoms with Crippen molar-refractivity contribution in [3.05, 3.63) is 60.1 Å². The molecular formula is C22H28N2O5S. The predicted molar refractivity (Wildman–Crippen MR) is 116 cm³/mol. The molecule has 7 nitrogen and oxygen atoms in total. The molecule has 2 aromatic rings. The summed E-state index contributed by atoms with van der Waals surface area (Å²) in [7, 11) is -1.74. The van der Waals surface area contributed by atoms with Crippen molar-refractivity contribution < 1.29 is 22.4 Å². The van der Waals surface area contributed by atoms with Gasteiger partial charge in [-0.2, -0.15) is 0 Å². The van der Waals surface area contributed by atoms with Gasteiger partial charge in [0.25, 0.3) is 0 Å². The van der Waals surface area contributed by atoms with E-state index < -0.39 is 10.0 Å². The Kier molecular flexibility index (Phi) is 7.70. The molecule has 0 saturated carbocycles. The fourth-order valence-electron chi connectivity index (χ4n) is 3.36. The lowest BCUT2D eigenvalue weighted by Gasteiger charge is -2.31. The average molecular weight is 433 g/mol. The Bertz CT molecular complexity index is 928. The van der Waals surface area contributed by atoms with Crippen LogP contribution in [-0.2, 0) is 21.2 Å². The fraction of sp³-hybridized carbons (Fsp3) is 0.409. The minimum atomic E-state index is -3.34. The number of amides is 1. The van der Waals surface area contributed by atoms with E-state index in [4.69, 9.17) is 9.15 Å². The van der Waals surface area contributed by atoms with E-state index in [2.05, 4.69) is 4.72 Å². The van der Waals surface area contributed by atoms with Crippen molar-refractivity contribution in [3.63, 3.8) is 0 Å². The molecule has 1 aromatic heterocycles. The van der Waals surface area contributed by atoms with Crippen LogP contribution >= 0.6 is 0 Å². The molecule has 1 N–H and O–H groups in total. The molecule has 0 atom stereocenters. The van der Waals surface area contributed by atoms with E-state index in [9.17, 15) is 13.2 Å². The van der Waals surface area contributed by atoms with Crippen LogP contribution in [0.25, 0.3) is 6.08 Å². The number of piperidine rings is 1. The molecule has 0 bridgehead atoms. The van der Waals surface area contributed by atoms with Crippen molar-refractivity contribution in [3.8, 4) is 5.75 Å². The number of likely N-dealkylation sites (tertiary alicyclic amines) is 1. The summed E-state index contributed by atoms with van der Waals surface area (Å²) >= 11 is 0. The van der Waals surface area contributed by atoms with Crippen molar-refractivity contribution in [2.75, 3.05) is 32.5 Å². The van der Waals surface area contributed by atoms with Crippen LogP contribution in [-0.4, -0.2) is 51.7 Å². The van der Waals surface area contributed by atoms with Crippen LogP contribution in [0.2, 0.25) is 0 Å². The quantitative estimate of drug-likeness (QED) is 0.616. The van der Waals surface area contributed by atoms with Gasteiger partial charge in [-0.25, -0.2) is 13.1 Å². The zero-order chi connectivity index (χ0) is 21.4. The Morgan fingerprint density at radius 1 is 1.23 bits per heavy atom. The van der Waals surface area contributed by atoms with E-state index in [0.717, 1.165) is 24.2 Å². The summed E-state index contributed by atoms with van der Waals surface area (Å²) in [6.45, 7) is 1.66. The lowest BCUT2D eigenvalue weighted by molar-refractivity contribution is -0.127. The number of carbonyl (C=O) groups excluding carboxylic acids is 1. The second kappa shape index (κ2) is 10.4. The summed E-state index contributed by atoms with van der Waals surface area (Å²) in [6.07, 6.45) is 6.75. The maximum atomic E-state index is 12.3. The van der Waals surface area contributed by atoms with Gasteiger partial charge in [0.15, 0.2) is 0 Å². The smallest absolute Gasteiger partial charge is 0.246 e. The van der Waals surface area contributed by atoms with E-state index in [-0.39, 0.29) is 17.6 Å². The maximum Gasteiger partial charge on any atom is 0.246 e. The molecule has 1 aromatic carbocycles. The Morgan fingerprint density at radius 2 is 1.97 bits per heavy atom. The third kappa shape index (κ3) is 6.74. The van der Waals surface area contributed by atoms with E-state index >= 15 is 0 Å². The number of nitrogens with one attached hydrogen (secondary N) is 1. The molecule has 1 saturated heterocycles. The van der Waals surface area contributed by atoms with Crippen molar-refractivity contribution in [1.29, 1.82) is 0 Å². The van der Waals surface area contributed by atoms with Gasteiger partial charge in [-0.05, 0) is 61.1 Å². The molecule has 30 heavy (non-hydrogen) atoms. The number of furan rings is 1. The molecule has 1 amide bonds. The molecule has 0 unspecified atom stereocenters. The summed E-state index contributed by atoms with van der Waals surface area (Å²) in [5.41, 5.74) is 0.954. The third-order valence-electron chi connectivity index (χ3n) is 5.27. The molecule has 3 rings (SSSR count). The Morgan fingerprint density at radius 3 is 2.60 bits per heavy atom.